The summed E-state index contributed by atoms with van der Waals surface area (Å²) in [6.45, 7) is 10.9. The van der Waals surface area contributed by atoms with Crippen LogP contribution in [-0.2, 0) is 16.7 Å². The first-order chi connectivity index (χ1) is 14.2. The van der Waals surface area contributed by atoms with Gasteiger partial charge in [-0.2, -0.15) is 0 Å². The van der Waals surface area contributed by atoms with Crippen LogP contribution in [0, 0.1) is 6.92 Å². The lowest BCUT2D eigenvalue weighted by atomic mass is 9.74. The van der Waals surface area contributed by atoms with E-state index in [1.165, 1.54) is 16.0 Å². The Morgan fingerprint density at radius 3 is 2.47 bits per heavy atom. The van der Waals surface area contributed by atoms with Crippen molar-refractivity contribution in [3.8, 4) is 5.75 Å². The van der Waals surface area contributed by atoms with Crippen LogP contribution in [0.1, 0.15) is 42.7 Å². The van der Waals surface area contributed by atoms with E-state index in [1.54, 1.807) is 11.3 Å². The zero-order chi connectivity index (χ0) is 20.5. The van der Waals surface area contributed by atoms with Gasteiger partial charge in [0.05, 0.1) is 13.2 Å². The summed E-state index contributed by atoms with van der Waals surface area (Å²) in [7, 11) is 0. The summed E-state index contributed by atoms with van der Waals surface area (Å²) in [4.78, 5) is 6.13. The van der Waals surface area contributed by atoms with Gasteiger partial charge < -0.3 is 20.1 Å². The second kappa shape index (κ2) is 12.5. The molecule has 3 rings (SSSR count). The van der Waals surface area contributed by atoms with Crippen LogP contribution in [-0.4, -0.2) is 38.9 Å². The Labute approximate surface area is 201 Å². The van der Waals surface area contributed by atoms with Crippen molar-refractivity contribution in [2.75, 3.05) is 32.9 Å². The van der Waals surface area contributed by atoms with Crippen LogP contribution in [0.2, 0.25) is 0 Å². The summed E-state index contributed by atoms with van der Waals surface area (Å²) < 4.78 is 11.3. The highest BCUT2D eigenvalue weighted by atomic mass is 127. The second-order valence-corrected chi connectivity index (χ2v) is 8.43. The van der Waals surface area contributed by atoms with Crippen LogP contribution in [0.15, 0.2) is 40.7 Å². The zero-order valence-corrected chi connectivity index (χ0v) is 21.3. The minimum absolute atomic E-state index is 0. The molecular formula is C23H34IN3O2S. The van der Waals surface area contributed by atoms with Gasteiger partial charge in [-0.25, -0.2) is 4.99 Å². The van der Waals surface area contributed by atoms with Gasteiger partial charge in [0.1, 0.15) is 5.75 Å². The number of hydrogen-bond acceptors (Lipinski definition) is 4. The van der Waals surface area contributed by atoms with Crippen molar-refractivity contribution in [1.29, 1.82) is 0 Å². The Hall–Kier alpha value is -1.32. The fraction of sp³-hybridized carbons (Fsp3) is 0.522. The van der Waals surface area contributed by atoms with Gasteiger partial charge in [-0.15, -0.1) is 35.3 Å². The van der Waals surface area contributed by atoms with E-state index in [-0.39, 0.29) is 29.4 Å². The molecule has 2 N–H and O–H groups in total. The Morgan fingerprint density at radius 1 is 1.13 bits per heavy atom. The highest BCUT2D eigenvalue weighted by molar-refractivity contribution is 14.0. The van der Waals surface area contributed by atoms with Gasteiger partial charge in [0.15, 0.2) is 5.96 Å². The van der Waals surface area contributed by atoms with Crippen LogP contribution >= 0.6 is 35.3 Å². The lowest BCUT2D eigenvalue weighted by Crippen LogP contribution is -2.48. The maximum atomic E-state index is 5.68. The number of guanidine groups is 1. The van der Waals surface area contributed by atoms with Crippen molar-refractivity contribution in [2.45, 2.75) is 45.6 Å². The predicted molar refractivity (Wildman–Crippen MR) is 137 cm³/mol. The van der Waals surface area contributed by atoms with Gasteiger partial charge in [-0.1, -0.05) is 12.1 Å². The Balaban J connectivity index is 0.00000320. The van der Waals surface area contributed by atoms with E-state index < -0.39 is 0 Å². The summed E-state index contributed by atoms with van der Waals surface area (Å²) in [6, 6.07) is 10.7. The lowest BCUT2D eigenvalue weighted by Gasteiger charge is -2.38. The number of benzene rings is 1. The molecule has 166 valence electrons. The fourth-order valence-corrected chi connectivity index (χ4v) is 4.54. The molecule has 7 heteroatoms. The van der Waals surface area contributed by atoms with E-state index in [9.17, 15) is 0 Å². The molecule has 0 radical (unpaired) electrons. The number of halogens is 1. The van der Waals surface area contributed by atoms with Crippen molar-refractivity contribution in [3.63, 3.8) is 0 Å². The van der Waals surface area contributed by atoms with Crippen LogP contribution in [0.4, 0.5) is 0 Å². The second-order valence-electron chi connectivity index (χ2n) is 7.43. The van der Waals surface area contributed by atoms with Crippen LogP contribution < -0.4 is 15.4 Å². The van der Waals surface area contributed by atoms with E-state index in [1.807, 2.05) is 6.92 Å². The summed E-state index contributed by atoms with van der Waals surface area (Å²) in [6.07, 6.45) is 1.99. The maximum absolute atomic E-state index is 5.68. The van der Waals surface area contributed by atoms with Crippen molar-refractivity contribution < 1.29 is 9.47 Å². The first-order valence-electron chi connectivity index (χ1n) is 10.5. The smallest absolute Gasteiger partial charge is 0.191 e. The van der Waals surface area contributed by atoms with Crippen molar-refractivity contribution in [3.05, 3.63) is 51.7 Å². The van der Waals surface area contributed by atoms with Gasteiger partial charge in [0.25, 0.3) is 0 Å². The minimum atomic E-state index is 0. The first kappa shape index (κ1) is 24.9. The van der Waals surface area contributed by atoms with Gasteiger partial charge in [-0.05, 0) is 68.3 Å². The van der Waals surface area contributed by atoms with Gasteiger partial charge in [0.2, 0.25) is 0 Å². The molecule has 0 atom stereocenters. The number of ether oxygens (including phenoxy) is 2. The number of aryl methyl sites for hydroxylation is 1. The molecule has 1 saturated heterocycles. The average Bonchev–Trinajstić information content (AvgIpc) is 3.16. The third kappa shape index (κ3) is 6.59. The standard InChI is InChI=1S/C23H33N3O2S.HI/c1-4-24-22(25-16-21-18(3)10-15-29-21)26-17-23(11-13-27-14-12-23)19-6-8-20(9-7-19)28-5-2;/h6-10,15H,4-5,11-14,16-17H2,1-3H3,(H2,24,25,26);1H. The topological polar surface area (TPSA) is 54.9 Å². The molecule has 0 spiro atoms. The van der Waals surface area contributed by atoms with Crippen molar-refractivity contribution >= 4 is 41.3 Å². The zero-order valence-electron chi connectivity index (χ0n) is 18.2. The quantitative estimate of drug-likeness (QED) is 0.283. The van der Waals surface area contributed by atoms with E-state index in [0.717, 1.165) is 50.9 Å². The van der Waals surface area contributed by atoms with Gasteiger partial charge in [-0.3, -0.25) is 0 Å². The molecule has 1 aliphatic heterocycles. The molecule has 0 aliphatic carbocycles. The SMILES string of the molecule is CCNC(=NCc1sccc1C)NCC1(c2ccc(OCC)cc2)CCOCC1.I. The molecule has 0 bridgehead atoms. The predicted octanol–water partition coefficient (Wildman–Crippen LogP) is 4.88. The normalized spacial score (nSPS) is 15.9. The average molecular weight is 544 g/mol. The molecule has 2 heterocycles. The number of nitrogens with one attached hydrogen (secondary N) is 2. The van der Waals surface area contributed by atoms with Crippen molar-refractivity contribution in [1.82, 2.24) is 10.6 Å². The highest BCUT2D eigenvalue weighted by Gasteiger charge is 2.34. The molecule has 5 nitrogen and oxygen atoms in total. The molecule has 1 aliphatic rings. The van der Waals surface area contributed by atoms with E-state index >= 15 is 0 Å². The molecule has 1 aromatic heterocycles. The summed E-state index contributed by atoms with van der Waals surface area (Å²) in [5.41, 5.74) is 2.68. The third-order valence-electron chi connectivity index (χ3n) is 5.51. The molecule has 1 fully saturated rings. The summed E-state index contributed by atoms with van der Waals surface area (Å²) in [5, 5.41) is 9.13. The fourth-order valence-electron chi connectivity index (χ4n) is 3.71. The molecule has 0 amide bonds. The van der Waals surface area contributed by atoms with Gasteiger partial charge in [0, 0.05) is 36.6 Å². The van der Waals surface area contributed by atoms with Crippen LogP contribution in [0.3, 0.4) is 0 Å². The van der Waals surface area contributed by atoms with Crippen molar-refractivity contribution in [2.24, 2.45) is 4.99 Å². The van der Waals surface area contributed by atoms with Crippen LogP contribution in [0.5, 0.6) is 5.75 Å². The summed E-state index contributed by atoms with van der Waals surface area (Å²) >= 11 is 1.77. The third-order valence-corrected chi connectivity index (χ3v) is 6.52. The molecule has 2 aromatic rings. The first-order valence-corrected chi connectivity index (χ1v) is 11.4. The van der Waals surface area contributed by atoms with E-state index in [4.69, 9.17) is 14.5 Å². The highest BCUT2D eigenvalue weighted by Crippen LogP contribution is 2.35. The maximum Gasteiger partial charge on any atom is 0.191 e. The van der Waals surface area contributed by atoms with Crippen LogP contribution in [0.25, 0.3) is 0 Å². The lowest BCUT2D eigenvalue weighted by molar-refractivity contribution is 0.0513. The number of rotatable bonds is 8. The Morgan fingerprint density at radius 2 is 1.87 bits per heavy atom. The summed E-state index contributed by atoms with van der Waals surface area (Å²) in [5.74, 6) is 1.80. The van der Waals surface area contributed by atoms with E-state index in [0.29, 0.717) is 13.2 Å². The molecule has 30 heavy (non-hydrogen) atoms. The number of thiophene rings is 1. The Bertz CT molecular complexity index is 786. The molecule has 0 saturated carbocycles. The molecular weight excluding hydrogens is 509 g/mol. The molecule has 1 aromatic carbocycles. The monoisotopic (exact) mass is 543 g/mol. The number of nitrogens with zero attached hydrogens (tertiary/aromatic N) is 1. The minimum Gasteiger partial charge on any atom is -0.494 e. The van der Waals surface area contributed by atoms with E-state index in [2.05, 4.69) is 60.2 Å². The Kier molecular flexibility index (Phi) is 10.4. The number of aliphatic imine (C=N–C) groups is 1. The largest absolute Gasteiger partial charge is 0.494 e. The molecule has 0 unspecified atom stereocenters. The van der Waals surface area contributed by atoms with Gasteiger partial charge >= 0.3 is 0 Å². The number of hydrogen-bond donors (Lipinski definition) is 2.